The molecule has 1 rings (SSSR count). The fourth-order valence-electron chi connectivity index (χ4n) is 0.800. The van der Waals surface area contributed by atoms with Crippen LogP contribution >= 0.6 is 0 Å². The van der Waals surface area contributed by atoms with Crippen LogP contribution in [-0.2, 0) is 0 Å². The van der Waals surface area contributed by atoms with Crippen molar-refractivity contribution in [2.45, 2.75) is 6.92 Å². The van der Waals surface area contributed by atoms with Crippen LogP contribution in [0, 0.1) is 6.92 Å². The zero-order chi connectivity index (χ0) is 8.27. The van der Waals surface area contributed by atoms with Gasteiger partial charge in [0.1, 0.15) is 7.32 Å². The van der Waals surface area contributed by atoms with E-state index in [-0.39, 0.29) is 37.7 Å². The molecule has 0 saturated carbocycles. The van der Waals surface area contributed by atoms with Gasteiger partial charge in [0.25, 0.3) is 0 Å². The molecule has 0 spiro atoms. The number of hydrogen-bond donors (Lipinski definition) is 0. The van der Waals surface area contributed by atoms with E-state index in [9.17, 15) is 10.0 Å². The van der Waals surface area contributed by atoms with Crippen molar-refractivity contribution in [3.63, 3.8) is 0 Å². The average Bonchev–Trinajstić information content (AvgIpc) is 1.85. The van der Waals surface area contributed by atoms with Crippen molar-refractivity contribution in [2.75, 3.05) is 0 Å². The van der Waals surface area contributed by atoms with Crippen molar-refractivity contribution in [2.24, 2.45) is 0 Å². The summed E-state index contributed by atoms with van der Waals surface area (Å²) in [6.07, 6.45) is 0. The topological polar surface area (TPSA) is 55.3 Å². The van der Waals surface area contributed by atoms with Crippen molar-refractivity contribution < 1.29 is 52.4 Å². The van der Waals surface area contributed by atoms with E-state index >= 15 is 0 Å². The Bertz CT molecular complexity index is 245. The predicted octanol–water partition coefficient (Wildman–Crippen LogP) is -6.91. The van der Waals surface area contributed by atoms with E-state index in [1.54, 1.807) is 18.2 Å². The first-order valence-electron chi connectivity index (χ1n) is 3.23. The smallest absolute Gasteiger partial charge is 0.860 e. The van der Waals surface area contributed by atoms with Crippen molar-refractivity contribution in [1.82, 2.24) is 0 Å². The summed E-state index contributed by atoms with van der Waals surface area (Å²) in [5, 5.41) is 20.1. The molecule has 0 aliphatic heterocycles. The summed E-state index contributed by atoms with van der Waals surface area (Å²) in [7, 11) is -2.24. The fraction of sp³-hybridized carbons (Fsp3) is 0.143. The van der Waals surface area contributed by atoms with Crippen LogP contribution in [0.5, 0.6) is 5.75 Å². The largest absolute Gasteiger partial charge is 1.00 e. The Kier molecular flexibility index (Phi) is 9.14. The van der Waals surface area contributed by atoms with Crippen LogP contribution in [0.15, 0.2) is 24.3 Å². The molecule has 0 bridgehead atoms. The Morgan fingerprint density at radius 1 is 1.23 bits per heavy atom. The maximum atomic E-state index is 10.0. The van der Waals surface area contributed by atoms with Gasteiger partial charge < -0.3 is 14.7 Å². The third kappa shape index (κ3) is 6.29. The van der Waals surface area contributed by atoms with Crippen LogP contribution in [0.2, 0.25) is 0 Å². The minimum atomic E-state index is -2.24. The van der Waals surface area contributed by atoms with Gasteiger partial charge in [-0.25, -0.2) is 0 Å². The van der Waals surface area contributed by atoms with Crippen molar-refractivity contribution in [3.05, 3.63) is 29.8 Å². The van der Waals surface area contributed by atoms with Crippen LogP contribution in [0.25, 0.3) is 0 Å². The second-order valence-corrected chi connectivity index (χ2v) is 2.22. The van der Waals surface area contributed by atoms with Gasteiger partial charge in [-0.15, -0.1) is 0 Å². The van der Waals surface area contributed by atoms with Gasteiger partial charge in [-0.3, -0.25) is 0 Å². The third-order valence-electron chi connectivity index (χ3n) is 1.22. The Labute approximate surface area is 102 Å². The molecule has 0 atom stereocenters. The van der Waals surface area contributed by atoms with Crippen LogP contribution in [0.1, 0.15) is 5.56 Å². The molecule has 0 N–H and O–H groups in total. The third-order valence-corrected chi connectivity index (χ3v) is 1.22. The van der Waals surface area contributed by atoms with E-state index in [0.29, 0.717) is 5.75 Å². The van der Waals surface area contributed by atoms with Gasteiger partial charge in [0.15, 0.2) is 0 Å². The summed E-state index contributed by atoms with van der Waals surface area (Å²) < 4.78 is 4.38. The van der Waals surface area contributed by atoms with Crippen LogP contribution in [-0.4, -0.2) is 7.32 Å². The summed E-state index contributed by atoms with van der Waals surface area (Å²) in [5.74, 6) is 0.333. The Morgan fingerprint density at radius 3 is 2.31 bits per heavy atom. The molecule has 1 aromatic rings. The van der Waals surface area contributed by atoms with Gasteiger partial charge in [-0.2, -0.15) is 0 Å². The number of aryl methyl sites for hydroxylation is 1. The molecule has 0 aromatic heterocycles. The normalized spacial score (nSPS) is 7.92. The second kappa shape index (κ2) is 7.59. The first-order valence-corrected chi connectivity index (χ1v) is 3.23. The molecule has 0 radical (unpaired) electrons. The van der Waals surface area contributed by atoms with E-state index in [4.69, 9.17) is 0 Å². The molecule has 58 valence electrons. The molecule has 0 aliphatic carbocycles. The Morgan fingerprint density at radius 2 is 1.85 bits per heavy atom. The summed E-state index contributed by atoms with van der Waals surface area (Å²) >= 11 is 0. The maximum absolute atomic E-state index is 10.0. The van der Waals surface area contributed by atoms with Gasteiger partial charge in [-0.1, -0.05) is 12.1 Å². The Hall–Kier alpha value is 0.200. The van der Waals surface area contributed by atoms with Crippen molar-refractivity contribution in [3.8, 4) is 5.75 Å². The van der Waals surface area contributed by atoms with Crippen LogP contribution in [0.4, 0.5) is 0 Å². The van der Waals surface area contributed by atoms with Gasteiger partial charge >= 0.3 is 37.7 Å². The van der Waals surface area contributed by atoms with Gasteiger partial charge in [-0.05, 0) is 24.6 Å². The molecule has 0 amide bonds. The van der Waals surface area contributed by atoms with Crippen molar-refractivity contribution >= 4 is 7.32 Å². The molecule has 0 fully saturated rings. The van der Waals surface area contributed by atoms with Crippen molar-refractivity contribution in [1.29, 1.82) is 0 Å². The Balaban J connectivity index is 0. The number of rotatable bonds is 2. The van der Waals surface area contributed by atoms with E-state index < -0.39 is 7.32 Å². The zero-order valence-corrected chi connectivity index (χ0v) is 8.11. The van der Waals surface area contributed by atoms with E-state index in [2.05, 4.69) is 4.65 Å². The summed E-state index contributed by atoms with van der Waals surface area (Å²) in [4.78, 5) is 0. The molecule has 13 heavy (non-hydrogen) atoms. The summed E-state index contributed by atoms with van der Waals surface area (Å²) in [6, 6.07) is 6.81. The first-order chi connectivity index (χ1) is 5.18. The molecular weight excluding hydrogens is 157 g/mol. The molecule has 0 heterocycles. The molecular formula is C7H7BLi2O3. The van der Waals surface area contributed by atoms with Crippen LogP contribution in [0.3, 0.4) is 0 Å². The van der Waals surface area contributed by atoms with E-state index in [0.717, 1.165) is 5.56 Å². The standard InChI is InChI=1S/C7H7BO3.2Li/c1-6-3-2-4-7(5-6)11-8(9)10;;/h2-5H,1H3;;/q-2;2*+1. The quantitative estimate of drug-likeness (QED) is 0.408. The molecule has 0 aliphatic rings. The van der Waals surface area contributed by atoms with Gasteiger partial charge in [0.2, 0.25) is 0 Å². The zero-order valence-electron chi connectivity index (χ0n) is 8.11. The summed E-state index contributed by atoms with van der Waals surface area (Å²) in [5.41, 5.74) is 0.961. The number of hydrogen-bond acceptors (Lipinski definition) is 3. The number of benzene rings is 1. The second-order valence-electron chi connectivity index (χ2n) is 2.22. The molecule has 0 saturated heterocycles. The first kappa shape index (κ1) is 15.7. The average molecular weight is 164 g/mol. The van der Waals surface area contributed by atoms with E-state index in [1.165, 1.54) is 0 Å². The molecule has 6 heteroatoms. The summed E-state index contributed by atoms with van der Waals surface area (Å²) in [6.45, 7) is 1.86. The monoisotopic (exact) mass is 164 g/mol. The minimum absolute atomic E-state index is 0. The van der Waals surface area contributed by atoms with Gasteiger partial charge in [0.05, 0.1) is 5.75 Å². The SMILES string of the molecule is Cc1cccc(OB([O-])[O-])c1.[Li+].[Li+]. The molecule has 0 unspecified atom stereocenters. The molecule has 3 nitrogen and oxygen atoms in total. The predicted molar refractivity (Wildman–Crippen MR) is 37.6 cm³/mol. The van der Waals surface area contributed by atoms with Crippen LogP contribution < -0.4 is 52.4 Å². The van der Waals surface area contributed by atoms with E-state index in [1.807, 2.05) is 13.0 Å². The maximum Gasteiger partial charge on any atom is 1.00 e. The minimum Gasteiger partial charge on any atom is -0.860 e. The molecule has 1 aromatic carbocycles. The fourth-order valence-corrected chi connectivity index (χ4v) is 0.800. The van der Waals surface area contributed by atoms with Gasteiger partial charge in [0, 0.05) is 0 Å².